The highest BCUT2D eigenvalue weighted by atomic mass is 35.5. The summed E-state index contributed by atoms with van der Waals surface area (Å²) in [5.41, 5.74) is 0. The molecule has 0 spiro atoms. The Morgan fingerprint density at radius 1 is 1.50 bits per heavy atom. The van der Waals surface area contributed by atoms with E-state index in [1.54, 1.807) is 24.3 Å². The van der Waals surface area contributed by atoms with Crippen molar-refractivity contribution in [3.05, 3.63) is 21.3 Å². The quantitative estimate of drug-likeness (QED) is 0.742. The number of ketones is 1. The van der Waals surface area contributed by atoms with Crippen LogP contribution in [0.15, 0.2) is 12.1 Å². The lowest BCUT2D eigenvalue weighted by Crippen LogP contribution is -2.03. The average molecular weight is 225 g/mol. The first kappa shape index (κ1) is 10.7. The monoisotopic (exact) mass is 224 g/mol. The van der Waals surface area contributed by atoms with E-state index in [0.717, 1.165) is 11.3 Å². The van der Waals surface area contributed by atoms with E-state index in [2.05, 4.69) is 0 Å². The second-order valence-corrected chi connectivity index (χ2v) is 4.26. The molecule has 1 aromatic rings. The topological polar surface area (TPSA) is 64.7 Å². The van der Waals surface area contributed by atoms with Crippen molar-refractivity contribution in [2.24, 2.45) is 5.92 Å². The molecule has 0 saturated carbocycles. The second-order valence-electron chi connectivity index (χ2n) is 2.54. The number of rotatable bonds is 3. The van der Waals surface area contributed by atoms with E-state index in [1.165, 1.54) is 0 Å². The maximum Gasteiger partial charge on any atom is 0.175 e. The first-order chi connectivity index (χ1) is 6.67. The lowest BCUT2D eigenvalue weighted by molar-refractivity contribution is 0.0980. The predicted octanol–water partition coefficient (Wildman–Crippen LogP) is 2.64. The van der Waals surface area contributed by atoms with Gasteiger partial charge >= 0.3 is 0 Å². The highest BCUT2D eigenvalue weighted by Gasteiger charge is 2.15. The Morgan fingerprint density at radius 2 is 2.14 bits per heavy atom. The van der Waals surface area contributed by atoms with Crippen LogP contribution >= 0.6 is 22.9 Å². The van der Waals surface area contributed by atoms with E-state index in [9.17, 15) is 4.79 Å². The van der Waals surface area contributed by atoms with E-state index in [-0.39, 0.29) is 12.2 Å². The summed E-state index contributed by atoms with van der Waals surface area (Å²) in [7, 11) is 0. The predicted molar refractivity (Wildman–Crippen MR) is 53.0 cm³/mol. The first-order valence-corrected chi connectivity index (χ1v) is 4.94. The minimum absolute atomic E-state index is 0.0656. The van der Waals surface area contributed by atoms with Crippen LogP contribution in [0.1, 0.15) is 16.1 Å². The molecule has 1 rings (SSSR count). The van der Waals surface area contributed by atoms with Gasteiger partial charge in [-0.25, -0.2) is 0 Å². The summed E-state index contributed by atoms with van der Waals surface area (Å²) in [4.78, 5) is 11.9. The zero-order valence-electron chi connectivity index (χ0n) is 7.03. The van der Waals surface area contributed by atoms with Crippen LogP contribution in [-0.2, 0) is 0 Å². The van der Waals surface area contributed by atoms with E-state index >= 15 is 0 Å². The third-order valence-corrected chi connectivity index (χ3v) is 2.82. The lowest BCUT2D eigenvalue weighted by atomic mass is 10.1. The lowest BCUT2D eigenvalue weighted by Gasteiger charge is -1.95. The molecule has 0 unspecified atom stereocenters. The van der Waals surface area contributed by atoms with Crippen molar-refractivity contribution >= 4 is 28.7 Å². The van der Waals surface area contributed by atoms with Gasteiger partial charge < -0.3 is 0 Å². The minimum Gasteiger partial charge on any atom is -0.293 e. The molecule has 0 amide bonds. The molecule has 0 atom stereocenters. The number of nitriles is 2. The number of thiophene rings is 1. The molecule has 0 aliphatic carbocycles. The van der Waals surface area contributed by atoms with E-state index in [4.69, 9.17) is 22.1 Å². The molecular weight excluding hydrogens is 220 g/mol. The molecule has 0 N–H and O–H groups in total. The van der Waals surface area contributed by atoms with Crippen molar-refractivity contribution in [3.63, 3.8) is 0 Å². The van der Waals surface area contributed by atoms with Gasteiger partial charge in [-0.15, -0.1) is 11.3 Å². The third kappa shape index (κ3) is 2.56. The molecule has 0 fully saturated rings. The van der Waals surface area contributed by atoms with Gasteiger partial charge in [0.15, 0.2) is 5.78 Å². The van der Waals surface area contributed by atoms with Crippen LogP contribution in [0.2, 0.25) is 4.34 Å². The van der Waals surface area contributed by atoms with Crippen molar-refractivity contribution in [2.75, 3.05) is 0 Å². The number of carbonyl (C=O) groups is 1. The van der Waals surface area contributed by atoms with Gasteiger partial charge in [-0.2, -0.15) is 10.5 Å². The van der Waals surface area contributed by atoms with Gasteiger partial charge in [-0.3, -0.25) is 4.79 Å². The molecule has 0 aromatic carbocycles. The van der Waals surface area contributed by atoms with E-state index in [1.807, 2.05) is 0 Å². The van der Waals surface area contributed by atoms with Crippen LogP contribution in [0.5, 0.6) is 0 Å². The molecule has 0 aliphatic rings. The van der Waals surface area contributed by atoms with Gasteiger partial charge in [0, 0.05) is 6.42 Å². The van der Waals surface area contributed by atoms with Crippen molar-refractivity contribution in [1.82, 2.24) is 0 Å². The molecule has 70 valence electrons. The van der Waals surface area contributed by atoms with Crippen LogP contribution in [-0.4, -0.2) is 5.78 Å². The fourth-order valence-corrected chi connectivity index (χ4v) is 1.86. The summed E-state index contributed by atoms with van der Waals surface area (Å²) in [6, 6.07) is 6.71. The third-order valence-electron chi connectivity index (χ3n) is 1.55. The fourth-order valence-electron chi connectivity index (χ4n) is 0.870. The van der Waals surface area contributed by atoms with E-state index in [0.29, 0.717) is 9.21 Å². The molecule has 14 heavy (non-hydrogen) atoms. The molecule has 0 aliphatic heterocycles. The van der Waals surface area contributed by atoms with Gasteiger partial charge in [0.25, 0.3) is 0 Å². The summed E-state index contributed by atoms with van der Waals surface area (Å²) in [6.45, 7) is 0. The van der Waals surface area contributed by atoms with Gasteiger partial charge in [-0.1, -0.05) is 11.6 Å². The molecule has 0 saturated heterocycles. The van der Waals surface area contributed by atoms with Crippen molar-refractivity contribution in [2.45, 2.75) is 6.42 Å². The first-order valence-electron chi connectivity index (χ1n) is 3.75. The summed E-state index contributed by atoms with van der Waals surface area (Å²) in [6.07, 6.45) is -0.0656. The van der Waals surface area contributed by atoms with Gasteiger partial charge in [0.1, 0.15) is 5.92 Å². The average Bonchev–Trinajstić information content (AvgIpc) is 2.61. The Labute approximate surface area is 90.1 Å². The molecule has 1 aromatic heterocycles. The number of hydrogen-bond acceptors (Lipinski definition) is 4. The Hall–Kier alpha value is -1.36. The molecule has 3 nitrogen and oxygen atoms in total. The molecular formula is C9H5ClN2OS. The Morgan fingerprint density at radius 3 is 2.57 bits per heavy atom. The summed E-state index contributed by atoms with van der Waals surface area (Å²) in [5.74, 6) is -1.08. The fraction of sp³-hybridized carbons (Fsp3) is 0.222. The summed E-state index contributed by atoms with van der Waals surface area (Å²) >= 11 is 6.80. The largest absolute Gasteiger partial charge is 0.293 e. The normalized spacial score (nSPS) is 9.43. The van der Waals surface area contributed by atoms with Crippen molar-refractivity contribution in [3.8, 4) is 12.1 Å². The van der Waals surface area contributed by atoms with Crippen LogP contribution < -0.4 is 0 Å². The standard InChI is InChI=1S/C9H5ClN2OS/c10-9-2-1-8(14-9)7(13)3-6(4-11)5-12/h1-2,6H,3H2. The summed E-state index contributed by atoms with van der Waals surface area (Å²) in [5, 5.41) is 17.0. The van der Waals surface area contributed by atoms with Crippen molar-refractivity contribution < 1.29 is 4.79 Å². The van der Waals surface area contributed by atoms with Crippen LogP contribution in [0.3, 0.4) is 0 Å². The summed E-state index contributed by atoms with van der Waals surface area (Å²) < 4.78 is 0.527. The van der Waals surface area contributed by atoms with Crippen LogP contribution in [0.25, 0.3) is 0 Å². The number of carbonyl (C=O) groups excluding carboxylic acids is 1. The molecule has 1 heterocycles. The van der Waals surface area contributed by atoms with Gasteiger partial charge in [0.2, 0.25) is 0 Å². The number of hydrogen-bond donors (Lipinski definition) is 0. The highest BCUT2D eigenvalue weighted by Crippen LogP contribution is 2.23. The molecule has 5 heteroatoms. The van der Waals surface area contributed by atoms with E-state index < -0.39 is 5.92 Å². The second kappa shape index (κ2) is 4.76. The Bertz CT molecular complexity index is 413. The maximum atomic E-state index is 11.4. The minimum atomic E-state index is -0.872. The van der Waals surface area contributed by atoms with Crippen molar-refractivity contribution in [1.29, 1.82) is 10.5 Å². The SMILES string of the molecule is N#CC(C#N)CC(=O)c1ccc(Cl)s1. The molecule has 0 bridgehead atoms. The zero-order valence-corrected chi connectivity index (χ0v) is 8.60. The maximum absolute atomic E-state index is 11.4. The van der Waals surface area contributed by atoms with Gasteiger partial charge in [-0.05, 0) is 12.1 Å². The highest BCUT2D eigenvalue weighted by molar-refractivity contribution is 7.18. The van der Waals surface area contributed by atoms with Crippen LogP contribution in [0, 0.1) is 28.6 Å². The number of halogens is 1. The molecule has 0 radical (unpaired) electrons. The van der Waals surface area contributed by atoms with Gasteiger partial charge in [0.05, 0.1) is 21.4 Å². The Balaban J connectivity index is 2.70. The smallest absolute Gasteiger partial charge is 0.175 e. The Kier molecular flexibility index (Phi) is 3.64. The number of nitrogens with zero attached hydrogens (tertiary/aromatic N) is 2. The number of Topliss-reactive ketones (excluding diaryl/α,β-unsaturated/α-hetero) is 1. The van der Waals surface area contributed by atoms with Crippen LogP contribution in [0.4, 0.5) is 0 Å². The zero-order chi connectivity index (χ0) is 10.6.